The van der Waals surface area contributed by atoms with E-state index in [-0.39, 0.29) is 5.97 Å². The van der Waals surface area contributed by atoms with Gasteiger partial charge in [-0.25, -0.2) is 0 Å². The summed E-state index contributed by atoms with van der Waals surface area (Å²) >= 11 is 0. The third-order valence-electron chi connectivity index (χ3n) is 4.61. The average Bonchev–Trinajstić information content (AvgIpc) is 3.36. The first-order valence-corrected chi connectivity index (χ1v) is 8.25. The van der Waals surface area contributed by atoms with Crippen LogP contribution < -0.4 is 0 Å². The number of benzene rings is 2. The molecule has 1 aromatic heterocycles. The molecule has 0 bridgehead atoms. The third-order valence-corrected chi connectivity index (χ3v) is 4.61. The summed E-state index contributed by atoms with van der Waals surface area (Å²) in [6, 6.07) is 12.8. The molecule has 24 heavy (non-hydrogen) atoms. The number of fused-ring (bicyclic) bond motifs is 1. The largest absolute Gasteiger partial charge is 0.469 e. The number of esters is 1. The molecule has 0 atom stereocenters. The Kier molecular flexibility index (Phi) is 3.76. The van der Waals surface area contributed by atoms with Crippen LogP contribution in [0.4, 0.5) is 0 Å². The highest BCUT2D eigenvalue weighted by Crippen LogP contribution is 2.44. The van der Waals surface area contributed by atoms with Crippen molar-refractivity contribution in [1.82, 2.24) is 14.8 Å². The molecular weight excluding hydrogens is 302 g/mol. The zero-order valence-electron chi connectivity index (χ0n) is 13.6. The van der Waals surface area contributed by atoms with Crippen LogP contribution in [-0.2, 0) is 16.0 Å². The minimum atomic E-state index is -0.238. The lowest BCUT2D eigenvalue weighted by molar-refractivity contribution is -0.140. The molecule has 0 unspecified atom stereocenters. The summed E-state index contributed by atoms with van der Waals surface area (Å²) in [5.74, 6) is 1.23. The summed E-state index contributed by atoms with van der Waals surface area (Å²) < 4.78 is 6.69. The van der Waals surface area contributed by atoms with Crippen LogP contribution >= 0.6 is 0 Å². The summed E-state index contributed by atoms with van der Waals surface area (Å²) in [7, 11) is 1.40. The van der Waals surface area contributed by atoms with Gasteiger partial charge in [-0.05, 0) is 35.8 Å². The number of hydrogen-bond acceptors (Lipinski definition) is 4. The fourth-order valence-electron chi connectivity index (χ4n) is 3.21. The second kappa shape index (κ2) is 6.07. The molecular formula is C19H19N3O2. The van der Waals surface area contributed by atoms with Crippen LogP contribution in [0.25, 0.3) is 16.5 Å². The van der Waals surface area contributed by atoms with Crippen molar-refractivity contribution in [3.63, 3.8) is 0 Å². The van der Waals surface area contributed by atoms with E-state index in [0.29, 0.717) is 18.8 Å². The van der Waals surface area contributed by atoms with Crippen molar-refractivity contribution < 1.29 is 9.53 Å². The number of methoxy groups -OCH3 is 1. The highest BCUT2D eigenvalue weighted by molar-refractivity contribution is 5.93. The maximum absolute atomic E-state index is 11.4. The summed E-state index contributed by atoms with van der Waals surface area (Å²) in [6.07, 6.45) is 5.07. The molecule has 1 aliphatic rings. The first-order chi connectivity index (χ1) is 11.8. The number of hydrogen-bond donors (Lipinski definition) is 0. The van der Waals surface area contributed by atoms with E-state index in [0.717, 1.165) is 11.5 Å². The van der Waals surface area contributed by atoms with Gasteiger partial charge < -0.3 is 4.74 Å². The lowest BCUT2D eigenvalue weighted by Gasteiger charge is -2.13. The average molecular weight is 321 g/mol. The zero-order valence-corrected chi connectivity index (χ0v) is 13.6. The molecule has 0 spiro atoms. The molecule has 4 rings (SSSR count). The molecule has 1 heterocycles. The minimum absolute atomic E-state index is 0.238. The van der Waals surface area contributed by atoms with Crippen molar-refractivity contribution in [3.05, 3.63) is 54.1 Å². The second-order valence-corrected chi connectivity index (χ2v) is 6.19. The molecule has 0 N–H and O–H groups in total. The van der Waals surface area contributed by atoms with Gasteiger partial charge in [-0.3, -0.25) is 9.36 Å². The smallest absolute Gasteiger partial charge is 0.305 e. The lowest BCUT2D eigenvalue weighted by Crippen LogP contribution is -2.07. The van der Waals surface area contributed by atoms with Gasteiger partial charge >= 0.3 is 5.97 Å². The van der Waals surface area contributed by atoms with Crippen LogP contribution in [0.15, 0.2) is 42.7 Å². The summed E-state index contributed by atoms with van der Waals surface area (Å²) in [5, 5.41) is 10.7. The molecule has 0 saturated heterocycles. The fourth-order valence-corrected chi connectivity index (χ4v) is 3.21. The van der Waals surface area contributed by atoms with E-state index in [1.807, 2.05) is 4.57 Å². The Morgan fingerprint density at radius 2 is 2.00 bits per heavy atom. The monoisotopic (exact) mass is 321 g/mol. The molecule has 3 aromatic rings. The van der Waals surface area contributed by atoms with E-state index >= 15 is 0 Å². The van der Waals surface area contributed by atoms with E-state index in [2.05, 4.69) is 46.6 Å². The zero-order chi connectivity index (χ0) is 16.5. The fraction of sp³-hybridized carbons (Fsp3) is 0.316. The first-order valence-electron chi connectivity index (χ1n) is 8.25. The predicted molar refractivity (Wildman–Crippen MR) is 91.2 cm³/mol. The lowest BCUT2D eigenvalue weighted by atomic mass is 9.99. The molecule has 122 valence electrons. The maximum atomic E-state index is 11.4. The van der Waals surface area contributed by atoms with Crippen LogP contribution in [0.2, 0.25) is 0 Å². The van der Waals surface area contributed by atoms with Gasteiger partial charge in [0.1, 0.15) is 12.2 Å². The van der Waals surface area contributed by atoms with Gasteiger partial charge in [0.25, 0.3) is 0 Å². The number of aryl methyl sites for hydroxylation is 1. The van der Waals surface area contributed by atoms with Crippen LogP contribution in [0.5, 0.6) is 0 Å². The molecule has 5 heteroatoms. The Morgan fingerprint density at radius 1 is 1.21 bits per heavy atom. The number of carbonyl (C=O) groups is 1. The Bertz CT molecular complexity index is 897. The second-order valence-electron chi connectivity index (χ2n) is 6.19. The summed E-state index contributed by atoms with van der Waals surface area (Å²) in [6.45, 7) is 0. The number of carbonyl (C=O) groups excluding carboxylic acids is 1. The molecule has 5 nitrogen and oxygen atoms in total. The summed E-state index contributed by atoms with van der Waals surface area (Å²) in [4.78, 5) is 11.4. The number of nitrogens with zero attached hydrogens (tertiary/aromatic N) is 3. The van der Waals surface area contributed by atoms with Gasteiger partial charge in [-0.15, -0.1) is 10.2 Å². The van der Waals surface area contributed by atoms with E-state index < -0.39 is 0 Å². The van der Waals surface area contributed by atoms with Crippen molar-refractivity contribution in [3.8, 4) is 5.69 Å². The van der Waals surface area contributed by atoms with Crippen LogP contribution in [0.1, 0.15) is 36.6 Å². The molecule has 2 aromatic carbocycles. The standard InChI is InChI=1S/C19H19N3O2/c1-24-19(23)11-10-18-21-20-12-22(18)17-9-8-14(13-6-7-13)15-4-2-3-5-16(15)17/h2-5,8-9,12-13H,6-7,10-11H2,1H3. The van der Waals surface area contributed by atoms with Crippen LogP contribution in [0.3, 0.4) is 0 Å². The van der Waals surface area contributed by atoms with E-state index in [9.17, 15) is 4.79 Å². The van der Waals surface area contributed by atoms with Crippen LogP contribution in [0, 0.1) is 0 Å². The maximum Gasteiger partial charge on any atom is 0.305 e. The number of aromatic nitrogens is 3. The Hall–Kier alpha value is -2.69. The molecule has 0 aliphatic heterocycles. The third kappa shape index (κ3) is 2.66. The van der Waals surface area contributed by atoms with Gasteiger partial charge in [0.2, 0.25) is 0 Å². The highest BCUT2D eigenvalue weighted by Gasteiger charge is 2.26. The Balaban J connectivity index is 1.76. The first kappa shape index (κ1) is 14.9. The highest BCUT2D eigenvalue weighted by atomic mass is 16.5. The van der Waals surface area contributed by atoms with E-state index in [4.69, 9.17) is 4.74 Å². The van der Waals surface area contributed by atoms with E-state index in [1.54, 1.807) is 6.33 Å². The Morgan fingerprint density at radius 3 is 2.75 bits per heavy atom. The van der Waals surface area contributed by atoms with E-state index in [1.165, 1.54) is 36.3 Å². The van der Waals surface area contributed by atoms with Crippen molar-refractivity contribution in [2.24, 2.45) is 0 Å². The normalized spacial score (nSPS) is 14.0. The SMILES string of the molecule is COC(=O)CCc1nncn1-c1ccc(C2CC2)c2ccccc12. The van der Waals surface area contributed by atoms with Gasteiger partial charge in [-0.2, -0.15) is 0 Å². The van der Waals surface area contributed by atoms with Crippen LogP contribution in [-0.4, -0.2) is 27.8 Å². The van der Waals surface area contributed by atoms with Crippen molar-refractivity contribution >= 4 is 16.7 Å². The van der Waals surface area contributed by atoms with Crippen molar-refractivity contribution in [1.29, 1.82) is 0 Å². The van der Waals surface area contributed by atoms with Crippen molar-refractivity contribution in [2.75, 3.05) is 7.11 Å². The molecule has 0 radical (unpaired) electrons. The minimum Gasteiger partial charge on any atom is -0.469 e. The molecule has 0 amide bonds. The predicted octanol–water partition coefficient (Wildman–Crippen LogP) is 3.40. The molecule has 1 saturated carbocycles. The number of rotatable bonds is 5. The van der Waals surface area contributed by atoms with Gasteiger partial charge in [0.05, 0.1) is 19.2 Å². The van der Waals surface area contributed by atoms with Gasteiger partial charge in [0.15, 0.2) is 0 Å². The number of ether oxygens (including phenoxy) is 1. The topological polar surface area (TPSA) is 57.0 Å². The van der Waals surface area contributed by atoms with Crippen molar-refractivity contribution in [2.45, 2.75) is 31.6 Å². The quantitative estimate of drug-likeness (QED) is 0.676. The Labute approximate surface area is 140 Å². The van der Waals surface area contributed by atoms with Gasteiger partial charge in [0, 0.05) is 11.8 Å². The van der Waals surface area contributed by atoms with Gasteiger partial charge in [-0.1, -0.05) is 30.3 Å². The summed E-state index contributed by atoms with van der Waals surface area (Å²) in [5.41, 5.74) is 2.48. The molecule has 1 aliphatic carbocycles. The molecule has 1 fully saturated rings.